The van der Waals surface area contributed by atoms with Gasteiger partial charge in [-0.25, -0.2) is 0 Å². The molecule has 0 aromatic heterocycles. The van der Waals surface area contributed by atoms with Crippen LogP contribution in [0.3, 0.4) is 0 Å². The molecule has 1 aromatic rings. The second-order valence-electron chi connectivity index (χ2n) is 4.25. The minimum Gasteiger partial charge on any atom is -0.0797 e. The Morgan fingerprint density at radius 2 is 2.17 bits per heavy atom. The summed E-state index contributed by atoms with van der Waals surface area (Å²) in [4.78, 5) is 0. The average molecular weight is 154 g/mol. The van der Waals surface area contributed by atoms with Gasteiger partial charge in [-0.3, -0.25) is 0 Å². The number of allylic oxidation sites excluding steroid dienone is 2. The summed E-state index contributed by atoms with van der Waals surface area (Å²) in [7, 11) is 0. The van der Waals surface area contributed by atoms with Gasteiger partial charge >= 0.3 is 0 Å². The average Bonchev–Trinajstić information content (AvgIpc) is 2.92. The topological polar surface area (TPSA) is 0 Å². The third-order valence-electron chi connectivity index (χ3n) is 3.81. The summed E-state index contributed by atoms with van der Waals surface area (Å²) in [5.74, 6) is 0.973. The minimum absolute atomic E-state index is 0.606. The molecular weight excluding hydrogens is 144 g/mol. The Morgan fingerprint density at radius 1 is 1.25 bits per heavy atom. The van der Waals surface area contributed by atoms with Gasteiger partial charge in [-0.1, -0.05) is 35.9 Å². The fourth-order valence-electron chi connectivity index (χ4n) is 2.96. The predicted octanol–water partition coefficient (Wildman–Crippen LogP) is 2.44. The van der Waals surface area contributed by atoms with Gasteiger partial charge in [-0.05, 0) is 29.9 Å². The monoisotopic (exact) mass is 154 g/mol. The number of rotatable bonds is 0. The number of hydrogen-bond donors (Lipinski definition) is 0. The van der Waals surface area contributed by atoms with E-state index in [2.05, 4.69) is 30.3 Å². The second kappa shape index (κ2) is 1.39. The largest absolute Gasteiger partial charge is 0.0797 e. The number of hydrogen-bond acceptors (Lipinski definition) is 0. The van der Waals surface area contributed by atoms with Crippen LogP contribution >= 0.6 is 0 Å². The van der Waals surface area contributed by atoms with Crippen molar-refractivity contribution in [2.75, 3.05) is 0 Å². The first-order chi connectivity index (χ1) is 5.93. The Labute approximate surface area is 71.9 Å². The van der Waals surface area contributed by atoms with Crippen molar-refractivity contribution in [3.05, 3.63) is 47.0 Å². The summed E-state index contributed by atoms with van der Waals surface area (Å²) < 4.78 is 0. The SMILES string of the molecule is C1=C2C3CC23c2ccccc2C1. The highest BCUT2D eigenvalue weighted by molar-refractivity contribution is 5.68. The second-order valence-corrected chi connectivity index (χ2v) is 4.25. The Hall–Kier alpha value is -1.04. The molecule has 0 aliphatic heterocycles. The summed E-state index contributed by atoms with van der Waals surface area (Å²) in [5, 5.41) is 0. The Kier molecular flexibility index (Phi) is 0.648. The van der Waals surface area contributed by atoms with Crippen LogP contribution in [0.25, 0.3) is 0 Å². The van der Waals surface area contributed by atoms with Gasteiger partial charge in [0.05, 0.1) is 0 Å². The lowest BCUT2D eigenvalue weighted by Gasteiger charge is -2.15. The quantitative estimate of drug-likeness (QED) is 0.503. The molecule has 2 unspecified atom stereocenters. The van der Waals surface area contributed by atoms with E-state index in [0.717, 1.165) is 5.92 Å². The van der Waals surface area contributed by atoms with Crippen molar-refractivity contribution in [3.63, 3.8) is 0 Å². The van der Waals surface area contributed by atoms with Crippen molar-refractivity contribution >= 4 is 0 Å². The molecule has 0 heterocycles. The molecule has 1 aromatic carbocycles. The van der Waals surface area contributed by atoms with Crippen molar-refractivity contribution < 1.29 is 0 Å². The van der Waals surface area contributed by atoms with Crippen LogP contribution in [-0.2, 0) is 11.8 Å². The molecule has 1 spiro atoms. The molecule has 2 saturated carbocycles. The zero-order valence-electron chi connectivity index (χ0n) is 6.88. The zero-order chi connectivity index (χ0) is 7.76. The fraction of sp³-hybridized carbons (Fsp3) is 0.333. The van der Waals surface area contributed by atoms with Crippen LogP contribution < -0.4 is 0 Å². The first-order valence-electron chi connectivity index (χ1n) is 4.72. The normalized spacial score (nSPS) is 39.0. The van der Waals surface area contributed by atoms with Crippen LogP contribution in [0.2, 0.25) is 0 Å². The van der Waals surface area contributed by atoms with E-state index in [9.17, 15) is 0 Å². The van der Waals surface area contributed by atoms with E-state index in [-0.39, 0.29) is 0 Å². The first kappa shape index (κ1) is 5.58. The molecule has 3 aliphatic rings. The highest BCUT2D eigenvalue weighted by Gasteiger charge is 2.76. The van der Waals surface area contributed by atoms with E-state index in [0.29, 0.717) is 5.41 Å². The van der Waals surface area contributed by atoms with Gasteiger partial charge in [-0.2, -0.15) is 0 Å². The lowest BCUT2D eigenvalue weighted by Crippen LogP contribution is -2.05. The summed E-state index contributed by atoms with van der Waals surface area (Å²) in [6, 6.07) is 8.96. The first-order valence-corrected chi connectivity index (χ1v) is 4.72. The molecule has 0 nitrogen and oxygen atoms in total. The van der Waals surface area contributed by atoms with Crippen molar-refractivity contribution in [2.24, 2.45) is 5.92 Å². The Bertz CT molecular complexity index is 414. The molecule has 12 heavy (non-hydrogen) atoms. The van der Waals surface area contributed by atoms with Crippen LogP contribution in [0.1, 0.15) is 17.5 Å². The van der Waals surface area contributed by atoms with Crippen molar-refractivity contribution in [2.45, 2.75) is 18.3 Å². The maximum atomic E-state index is 2.45. The van der Waals surface area contributed by atoms with Gasteiger partial charge in [0, 0.05) is 5.41 Å². The molecule has 4 rings (SSSR count). The molecule has 2 fully saturated rings. The third-order valence-corrected chi connectivity index (χ3v) is 3.81. The fourth-order valence-corrected chi connectivity index (χ4v) is 2.96. The highest BCUT2D eigenvalue weighted by Crippen LogP contribution is 2.81. The van der Waals surface area contributed by atoms with Crippen molar-refractivity contribution in [3.8, 4) is 0 Å². The molecule has 0 radical (unpaired) electrons. The predicted molar refractivity (Wildman–Crippen MR) is 48.0 cm³/mol. The molecule has 0 amide bonds. The van der Waals surface area contributed by atoms with Gasteiger partial charge in [-0.15, -0.1) is 0 Å². The van der Waals surface area contributed by atoms with Crippen LogP contribution in [0.4, 0.5) is 0 Å². The van der Waals surface area contributed by atoms with Crippen LogP contribution in [0, 0.1) is 5.92 Å². The Morgan fingerprint density at radius 3 is 3.08 bits per heavy atom. The van der Waals surface area contributed by atoms with Crippen LogP contribution in [0.15, 0.2) is 35.9 Å². The maximum absolute atomic E-state index is 2.45. The zero-order valence-corrected chi connectivity index (χ0v) is 6.88. The smallest absolute Gasteiger partial charge is 0.0240 e. The summed E-state index contributed by atoms with van der Waals surface area (Å²) in [5.41, 5.74) is 5.57. The van der Waals surface area contributed by atoms with Gasteiger partial charge in [0.2, 0.25) is 0 Å². The van der Waals surface area contributed by atoms with E-state index in [4.69, 9.17) is 0 Å². The Balaban J connectivity index is 2.05. The summed E-state index contributed by atoms with van der Waals surface area (Å²) in [6.45, 7) is 0. The van der Waals surface area contributed by atoms with Crippen LogP contribution in [0.5, 0.6) is 0 Å². The lowest BCUT2D eigenvalue weighted by atomic mass is 9.89. The summed E-state index contributed by atoms with van der Waals surface area (Å²) >= 11 is 0. The van der Waals surface area contributed by atoms with Crippen LogP contribution in [-0.4, -0.2) is 0 Å². The van der Waals surface area contributed by atoms with Crippen molar-refractivity contribution in [1.29, 1.82) is 0 Å². The molecule has 2 atom stereocenters. The van der Waals surface area contributed by atoms with E-state index in [1.807, 2.05) is 0 Å². The van der Waals surface area contributed by atoms with Gasteiger partial charge in [0.15, 0.2) is 0 Å². The van der Waals surface area contributed by atoms with Gasteiger partial charge < -0.3 is 0 Å². The lowest BCUT2D eigenvalue weighted by molar-refractivity contribution is 0.900. The highest BCUT2D eigenvalue weighted by atomic mass is 14.8. The molecule has 3 aliphatic carbocycles. The van der Waals surface area contributed by atoms with E-state index in [1.54, 1.807) is 16.7 Å². The van der Waals surface area contributed by atoms with Crippen molar-refractivity contribution in [1.82, 2.24) is 0 Å². The third kappa shape index (κ3) is 0.394. The maximum Gasteiger partial charge on any atom is 0.0240 e. The van der Waals surface area contributed by atoms with Gasteiger partial charge in [0.25, 0.3) is 0 Å². The summed E-state index contributed by atoms with van der Waals surface area (Å²) in [6.07, 6.45) is 5.08. The van der Waals surface area contributed by atoms with Gasteiger partial charge in [0.1, 0.15) is 0 Å². The molecular formula is C12H10. The molecule has 0 saturated heterocycles. The molecule has 0 bridgehead atoms. The number of fused-ring (bicyclic) bond motifs is 2. The molecule has 0 N–H and O–H groups in total. The molecule has 58 valence electrons. The van der Waals surface area contributed by atoms with E-state index < -0.39 is 0 Å². The van der Waals surface area contributed by atoms with E-state index >= 15 is 0 Å². The molecule has 0 heteroatoms. The standard InChI is InChI=1S/C12H10/c1-2-4-9-8(3-1)5-6-10-11-7-12(9,10)11/h1-4,6,11H,5,7H2. The van der Waals surface area contributed by atoms with E-state index in [1.165, 1.54) is 12.8 Å². The number of benzene rings is 1. The minimum atomic E-state index is 0.606.